The van der Waals surface area contributed by atoms with Gasteiger partial charge in [-0.3, -0.25) is 9.48 Å². The standard InChI is InChI=1S/C20H30N4O/c1-14(2)10-22-20(25)19-8-6-7-18(9-19)12-21-16(4)17(5)24-13-15(3)11-23-24/h6-9,11,13-14,16-17,21H,10,12H2,1-5H3,(H,22,25)/t16-,17-/m0/s1. The molecule has 2 aromatic rings. The predicted molar refractivity (Wildman–Crippen MR) is 102 cm³/mol. The first-order valence-corrected chi connectivity index (χ1v) is 8.98. The molecule has 0 aliphatic carbocycles. The maximum Gasteiger partial charge on any atom is 0.251 e. The van der Waals surface area contributed by atoms with E-state index in [-0.39, 0.29) is 18.0 Å². The lowest BCUT2D eigenvalue weighted by molar-refractivity contribution is 0.0949. The van der Waals surface area contributed by atoms with Crippen molar-refractivity contribution in [3.05, 3.63) is 53.3 Å². The lowest BCUT2D eigenvalue weighted by atomic mass is 10.1. The summed E-state index contributed by atoms with van der Waals surface area (Å²) >= 11 is 0. The molecule has 1 heterocycles. The van der Waals surface area contributed by atoms with Crippen molar-refractivity contribution >= 4 is 5.91 Å². The smallest absolute Gasteiger partial charge is 0.251 e. The second-order valence-corrected chi connectivity index (χ2v) is 7.21. The first kappa shape index (κ1) is 19.2. The number of hydrogen-bond acceptors (Lipinski definition) is 3. The minimum atomic E-state index is -0.0102. The molecular weight excluding hydrogens is 312 g/mol. The van der Waals surface area contributed by atoms with Crippen LogP contribution in [0.5, 0.6) is 0 Å². The molecule has 0 saturated carbocycles. The number of carbonyl (C=O) groups is 1. The summed E-state index contributed by atoms with van der Waals surface area (Å²) in [6.45, 7) is 11.9. The summed E-state index contributed by atoms with van der Waals surface area (Å²) in [5.41, 5.74) is 2.98. The molecule has 25 heavy (non-hydrogen) atoms. The van der Waals surface area contributed by atoms with Crippen molar-refractivity contribution in [2.24, 2.45) is 5.92 Å². The van der Waals surface area contributed by atoms with Crippen molar-refractivity contribution in [1.29, 1.82) is 0 Å². The molecule has 0 saturated heterocycles. The monoisotopic (exact) mass is 342 g/mol. The Morgan fingerprint density at radius 1 is 1.24 bits per heavy atom. The molecule has 2 atom stereocenters. The van der Waals surface area contributed by atoms with Gasteiger partial charge in [-0.25, -0.2) is 0 Å². The Morgan fingerprint density at radius 3 is 2.64 bits per heavy atom. The van der Waals surface area contributed by atoms with Gasteiger partial charge in [-0.2, -0.15) is 5.10 Å². The topological polar surface area (TPSA) is 59.0 Å². The van der Waals surface area contributed by atoms with Crippen LogP contribution < -0.4 is 10.6 Å². The van der Waals surface area contributed by atoms with Crippen molar-refractivity contribution in [2.75, 3.05) is 6.54 Å². The van der Waals surface area contributed by atoms with E-state index in [4.69, 9.17) is 0 Å². The summed E-state index contributed by atoms with van der Waals surface area (Å²) in [5.74, 6) is 0.436. The molecule has 1 aromatic carbocycles. The van der Waals surface area contributed by atoms with E-state index in [1.54, 1.807) is 0 Å². The SMILES string of the molecule is Cc1cnn([C@@H](C)[C@H](C)NCc2cccc(C(=O)NCC(C)C)c2)c1. The number of rotatable bonds is 8. The van der Waals surface area contributed by atoms with Gasteiger partial charge in [-0.1, -0.05) is 26.0 Å². The number of hydrogen-bond donors (Lipinski definition) is 2. The molecule has 5 nitrogen and oxygen atoms in total. The molecule has 0 aliphatic heterocycles. The molecule has 0 aliphatic rings. The van der Waals surface area contributed by atoms with E-state index in [9.17, 15) is 4.79 Å². The molecule has 2 N–H and O–H groups in total. The number of aryl methyl sites for hydroxylation is 1. The van der Waals surface area contributed by atoms with Gasteiger partial charge in [0, 0.05) is 30.9 Å². The van der Waals surface area contributed by atoms with Crippen molar-refractivity contribution in [3.63, 3.8) is 0 Å². The fourth-order valence-electron chi connectivity index (χ4n) is 2.56. The number of amides is 1. The van der Waals surface area contributed by atoms with Crippen molar-refractivity contribution in [1.82, 2.24) is 20.4 Å². The Labute approximate surface area is 150 Å². The number of carbonyl (C=O) groups excluding carboxylic acids is 1. The molecule has 0 radical (unpaired) electrons. The van der Waals surface area contributed by atoms with E-state index in [1.165, 1.54) is 5.56 Å². The number of nitrogens with zero attached hydrogens (tertiary/aromatic N) is 2. The van der Waals surface area contributed by atoms with Crippen LogP contribution in [-0.2, 0) is 6.54 Å². The van der Waals surface area contributed by atoms with Crippen LogP contribution in [0.3, 0.4) is 0 Å². The van der Waals surface area contributed by atoms with Gasteiger partial charge in [-0.05, 0) is 49.9 Å². The molecule has 1 aromatic heterocycles. The summed E-state index contributed by atoms with van der Waals surface area (Å²) in [6.07, 6.45) is 3.94. The quantitative estimate of drug-likeness (QED) is 0.774. The summed E-state index contributed by atoms with van der Waals surface area (Å²) in [5, 5.41) is 10.9. The highest BCUT2D eigenvalue weighted by Crippen LogP contribution is 2.12. The molecule has 136 valence electrons. The first-order chi connectivity index (χ1) is 11.9. The maximum absolute atomic E-state index is 12.2. The molecule has 0 bridgehead atoms. The highest BCUT2D eigenvalue weighted by atomic mass is 16.1. The van der Waals surface area contributed by atoms with Crippen molar-refractivity contribution < 1.29 is 4.79 Å². The minimum Gasteiger partial charge on any atom is -0.352 e. The number of nitrogens with one attached hydrogen (secondary N) is 2. The van der Waals surface area contributed by atoms with E-state index < -0.39 is 0 Å². The lowest BCUT2D eigenvalue weighted by Gasteiger charge is -2.22. The second kappa shape index (κ2) is 8.81. The second-order valence-electron chi connectivity index (χ2n) is 7.21. The summed E-state index contributed by atoms with van der Waals surface area (Å²) < 4.78 is 1.99. The highest BCUT2D eigenvalue weighted by Gasteiger charge is 2.14. The molecule has 0 fully saturated rings. The first-order valence-electron chi connectivity index (χ1n) is 8.98. The molecule has 2 rings (SSSR count). The fourth-order valence-corrected chi connectivity index (χ4v) is 2.56. The zero-order chi connectivity index (χ0) is 18.4. The van der Waals surface area contributed by atoms with Gasteiger partial charge in [0.15, 0.2) is 0 Å². The zero-order valence-corrected chi connectivity index (χ0v) is 15.9. The lowest BCUT2D eigenvalue weighted by Crippen LogP contribution is -2.33. The Morgan fingerprint density at radius 2 is 2.00 bits per heavy atom. The van der Waals surface area contributed by atoms with Gasteiger partial charge in [0.1, 0.15) is 0 Å². The normalized spacial score (nSPS) is 13.7. The van der Waals surface area contributed by atoms with Gasteiger partial charge in [0.2, 0.25) is 0 Å². The third-order valence-electron chi connectivity index (χ3n) is 4.36. The van der Waals surface area contributed by atoms with Crippen LogP contribution in [-0.4, -0.2) is 28.3 Å². The highest BCUT2D eigenvalue weighted by molar-refractivity contribution is 5.94. The third kappa shape index (κ3) is 5.71. The Bertz CT molecular complexity index is 693. The van der Waals surface area contributed by atoms with Crippen LogP contribution in [0.15, 0.2) is 36.7 Å². The van der Waals surface area contributed by atoms with Crippen molar-refractivity contribution in [3.8, 4) is 0 Å². The molecule has 0 unspecified atom stereocenters. The van der Waals surface area contributed by atoms with Gasteiger partial charge in [0.25, 0.3) is 5.91 Å². The van der Waals surface area contributed by atoms with Crippen LogP contribution in [0.25, 0.3) is 0 Å². The van der Waals surface area contributed by atoms with Crippen LogP contribution >= 0.6 is 0 Å². The summed E-state index contributed by atoms with van der Waals surface area (Å²) in [7, 11) is 0. The molecule has 0 spiro atoms. The zero-order valence-electron chi connectivity index (χ0n) is 15.9. The van der Waals surface area contributed by atoms with Gasteiger partial charge in [-0.15, -0.1) is 0 Å². The Kier molecular flexibility index (Phi) is 6.76. The fraction of sp³-hybridized carbons (Fsp3) is 0.500. The van der Waals surface area contributed by atoms with E-state index in [1.807, 2.05) is 42.1 Å². The van der Waals surface area contributed by atoms with Gasteiger partial charge in [0.05, 0.1) is 12.2 Å². The average Bonchev–Trinajstić information content (AvgIpc) is 3.03. The van der Waals surface area contributed by atoms with E-state index in [2.05, 4.69) is 49.6 Å². The van der Waals surface area contributed by atoms with Crippen molar-refractivity contribution in [2.45, 2.75) is 53.2 Å². The number of aromatic nitrogens is 2. The Hall–Kier alpha value is -2.14. The van der Waals surface area contributed by atoms with Crippen LogP contribution in [0.4, 0.5) is 0 Å². The Balaban J connectivity index is 1.92. The average molecular weight is 342 g/mol. The van der Waals surface area contributed by atoms with Crippen LogP contribution in [0.2, 0.25) is 0 Å². The molecular formula is C20H30N4O. The molecule has 1 amide bonds. The largest absolute Gasteiger partial charge is 0.352 e. The van der Waals surface area contributed by atoms with Gasteiger partial charge < -0.3 is 10.6 Å². The van der Waals surface area contributed by atoms with Crippen LogP contribution in [0.1, 0.15) is 55.2 Å². The van der Waals surface area contributed by atoms with Crippen LogP contribution in [0, 0.1) is 12.8 Å². The summed E-state index contributed by atoms with van der Waals surface area (Å²) in [6, 6.07) is 8.31. The molecule has 5 heteroatoms. The number of benzene rings is 1. The van der Waals surface area contributed by atoms with E-state index in [0.717, 1.165) is 12.1 Å². The van der Waals surface area contributed by atoms with E-state index in [0.29, 0.717) is 18.0 Å². The van der Waals surface area contributed by atoms with E-state index >= 15 is 0 Å². The predicted octanol–water partition coefficient (Wildman–Crippen LogP) is 3.32. The minimum absolute atomic E-state index is 0.0102. The third-order valence-corrected chi connectivity index (χ3v) is 4.36. The summed E-state index contributed by atoms with van der Waals surface area (Å²) in [4.78, 5) is 12.2. The maximum atomic E-state index is 12.2. The van der Waals surface area contributed by atoms with Gasteiger partial charge >= 0.3 is 0 Å².